The fraction of sp³-hybridized carbons (Fsp3) is 0.556. The number of halogens is 1. The predicted octanol–water partition coefficient (Wildman–Crippen LogP) is 1.25. The lowest BCUT2D eigenvalue weighted by molar-refractivity contribution is -0.132. The molecule has 0 saturated carbocycles. The molecule has 1 aliphatic heterocycles. The van der Waals surface area contributed by atoms with E-state index in [1.165, 1.54) is 12.1 Å². The summed E-state index contributed by atoms with van der Waals surface area (Å²) in [5, 5.41) is 2.71. The van der Waals surface area contributed by atoms with Gasteiger partial charge in [0, 0.05) is 45.0 Å². The second-order valence-electron chi connectivity index (χ2n) is 6.18. The molecule has 0 unspecified atom stereocenters. The molecule has 6 nitrogen and oxygen atoms in total. The molecule has 0 atom stereocenters. The van der Waals surface area contributed by atoms with E-state index < -0.39 is 0 Å². The first-order chi connectivity index (χ1) is 12.0. The van der Waals surface area contributed by atoms with Gasteiger partial charge in [-0.25, -0.2) is 4.39 Å². The molecule has 138 valence electrons. The first-order valence-corrected chi connectivity index (χ1v) is 8.79. The van der Waals surface area contributed by atoms with Crippen molar-refractivity contribution in [2.24, 2.45) is 0 Å². The summed E-state index contributed by atoms with van der Waals surface area (Å²) in [6, 6.07) is 5.87. The summed E-state index contributed by atoms with van der Waals surface area (Å²) in [5.41, 5.74) is 0.466. The van der Waals surface area contributed by atoms with Crippen LogP contribution >= 0.6 is 0 Å². The number of hydrogen-bond donors (Lipinski definition) is 1. The van der Waals surface area contributed by atoms with Crippen molar-refractivity contribution in [1.82, 2.24) is 14.7 Å². The number of likely N-dealkylation sites (N-methyl/N-ethyl adjacent to an activating group) is 1. The highest BCUT2D eigenvalue weighted by atomic mass is 19.1. The first kappa shape index (κ1) is 19.3. The molecule has 1 aromatic carbocycles. The molecule has 0 aliphatic carbocycles. The van der Waals surface area contributed by atoms with Crippen LogP contribution < -0.4 is 5.32 Å². The van der Waals surface area contributed by atoms with E-state index in [4.69, 9.17) is 0 Å². The van der Waals surface area contributed by atoms with E-state index >= 15 is 0 Å². The van der Waals surface area contributed by atoms with Gasteiger partial charge in [-0.05, 0) is 32.0 Å². The maximum atomic E-state index is 13.1. The summed E-state index contributed by atoms with van der Waals surface area (Å²) in [4.78, 5) is 30.2. The van der Waals surface area contributed by atoms with E-state index in [2.05, 4.69) is 10.2 Å². The Hall–Kier alpha value is -1.99. The summed E-state index contributed by atoms with van der Waals surface area (Å²) in [6.07, 6.45) is 0. The van der Waals surface area contributed by atoms with Crippen molar-refractivity contribution >= 4 is 17.5 Å². The lowest BCUT2D eigenvalue weighted by Crippen LogP contribution is -2.51. The van der Waals surface area contributed by atoms with E-state index in [0.717, 1.165) is 39.3 Å². The van der Waals surface area contributed by atoms with E-state index in [0.29, 0.717) is 12.2 Å². The topological polar surface area (TPSA) is 55.9 Å². The Morgan fingerprint density at radius 1 is 1.08 bits per heavy atom. The van der Waals surface area contributed by atoms with Crippen molar-refractivity contribution in [2.75, 3.05) is 57.7 Å². The largest absolute Gasteiger partial charge is 0.342 e. The SMILES string of the molecule is CCN(CC)C(=O)CN1CCN(CC(=O)Nc2cccc(F)c2)CC1. The third-order valence-corrected chi connectivity index (χ3v) is 4.42. The Morgan fingerprint density at radius 2 is 1.68 bits per heavy atom. The normalized spacial score (nSPS) is 15.8. The number of benzene rings is 1. The van der Waals surface area contributed by atoms with Crippen molar-refractivity contribution in [3.8, 4) is 0 Å². The van der Waals surface area contributed by atoms with Gasteiger partial charge in [-0.15, -0.1) is 0 Å². The van der Waals surface area contributed by atoms with Gasteiger partial charge in [-0.1, -0.05) is 6.07 Å². The third kappa shape index (κ3) is 6.10. The fourth-order valence-electron chi connectivity index (χ4n) is 2.94. The molecule has 2 amide bonds. The summed E-state index contributed by atoms with van der Waals surface area (Å²) < 4.78 is 13.1. The van der Waals surface area contributed by atoms with Gasteiger partial charge in [-0.3, -0.25) is 19.4 Å². The van der Waals surface area contributed by atoms with E-state index in [-0.39, 0.29) is 24.2 Å². The van der Waals surface area contributed by atoms with Crippen LogP contribution in [-0.4, -0.2) is 78.9 Å². The number of carbonyl (C=O) groups excluding carboxylic acids is 2. The lowest BCUT2D eigenvalue weighted by Gasteiger charge is -2.34. The van der Waals surface area contributed by atoms with E-state index in [1.807, 2.05) is 23.6 Å². The van der Waals surface area contributed by atoms with E-state index in [1.54, 1.807) is 12.1 Å². The van der Waals surface area contributed by atoms with Crippen LogP contribution in [0.3, 0.4) is 0 Å². The van der Waals surface area contributed by atoms with Gasteiger partial charge >= 0.3 is 0 Å². The molecule has 1 aliphatic rings. The van der Waals surface area contributed by atoms with Crippen molar-refractivity contribution in [3.63, 3.8) is 0 Å². The van der Waals surface area contributed by atoms with Crippen LogP contribution in [-0.2, 0) is 9.59 Å². The van der Waals surface area contributed by atoms with Crippen molar-refractivity contribution in [1.29, 1.82) is 0 Å². The first-order valence-electron chi connectivity index (χ1n) is 8.79. The maximum absolute atomic E-state index is 13.1. The zero-order chi connectivity index (χ0) is 18.2. The standard InChI is InChI=1S/C18H27FN4O2/c1-3-23(4-2)18(25)14-22-10-8-21(9-11-22)13-17(24)20-16-7-5-6-15(19)12-16/h5-7,12H,3-4,8-11,13-14H2,1-2H3,(H,20,24). The van der Waals surface area contributed by atoms with Crippen LogP contribution in [0.25, 0.3) is 0 Å². The Bertz CT molecular complexity index is 584. The van der Waals surface area contributed by atoms with Crippen LogP contribution in [0.2, 0.25) is 0 Å². The number of carbonyl (C=O) groups is 2. The van der Waals surface area contributed by atoms with E-state index in [9.17, 15) is 14.0 Å². The van der Waals surface area contributed by atoms with Gasteiger partial charge in [0.2, 0.25) is 11.8 Å². The highest BCUT2D eigenvalue weighted by Gasteiger charge is 2.22. The Labute approximate surface area is 148 Å². The fourth-order valence-corrected chi connectivity index (χ4v) is 2.94. The molecule has 0 radical (unpaired) electrons. The number of hydrogen-bond acceptors (Lipinski definition) is 4. The minimum absolute atomic E-state index is 0.154. The maximum Gasteiger partial charge on any atom is 0.238 e. The van der Waals surface area contributed by atoms with Crippen LogP contribution in [0.5, 0.6) is 0 Å². The molecule has 1 aromatic rings. The van der Waals surface area contributed by atoms with Crippen molar-refractivity contribution in [3.05, 3.63) is 30.1 Å². The van der Waals surface area contributed by atoms with Gasteiger partial charge in [0.25, 0.3) is 0 Å². The molecule has 1 heterocycles. The summed E-state index contributed by atoms with van der Waals surface area (Å²) >= 11 is 0. The minimum Gasteiger partial charge on any atom is -0.342 e. The number of nitrogens with one attached hydrogen (secondary N) is 1. The quantitative estimate of drug-likeness (QED) is 0.804. The Kier molecular flexibility index (Phi) is 7.33. The van der Waals surface area contributed by atoms with Crippen LogP contribution in [0.15, 0.2) is 24.3 Å². The molecular formula is C18H27FN4O2. The molecule has 0 spiro atoms. The molecule has 1 saturated heterocycles. The summed E-state index contributed by atoms with van der Waals surface area (Å²) in [7, 11) is 0. The highest BCUT2D eigenvalue weighted by molar-refractivity contribution is 5.92. The molecular weight excluding hydrogens is 323 g/mol. The number of anilines is 1. The molecule has 2 rings (SSSR count). The molecule has 0 aromatic heterocycles. The van der Waals surface area contributed by atoms with Crippen LogP contribution in [0, 0.1) is 5.82 Å². The van der Waals surface area contributed by atoms with Gasteiger partial charge < -0.3 is 10.2 Å². The average molecular weight is 350 g/mol. The number of rotatable bonds is 7. The molecule has 1 N–H and O–H groups in total. The summed E-state index contributed by atoms with van der Waals surface area (Å²) in [6.45, 7) is 9.14. The second kappa shape index (κ2) is 9.48. The molecule has 7 heteroatoms. The van der Waals surface area contributed by atoms with Gasteiger partial charge in [0.15, 0.2) is 0 Å². The van der Waals surface area contributed by atoms with Gasteiger partial charge in [0.05, 0.1) is 13.1 Å². The lowest BCUT2D eigenvalue weighted by atomic mass is 10.3. The van der Waals surface area contributed by atoms with Crippen LogP contribution in [0.4, 0.5) is 10.1 Å². The monoisotopic (exact) mass is 350 g/mol. The smallest absolute Gasteiger partial charge is 0.238 e. The second-order valence-corrected chi connectivity index (χ2v) is 6.18. The average Bonchev–Trinajstić information content (AvgIpc) is 2.57. The number of nitrogens with zero attached hydrogens (tertiary/aromatic N) is 3. The van der Waals surface area contributed by atoms with Gasteiger partial charge in [0.1, 0.15) is 5.82 Å². The minimum atomic E-state index is -0.371. The Balaban J connectivity index is 1.73. The Morgan fingerprint density at radius 3 is 2.24 bits per heavy atom. The van der Waals surface area contributed by atoms with Crippen LogP contribution in [0.1, 0.15) is 13.8 Å². The predicted molar refractivity (Wildman–Crippen MR) is 95.8 cm³/mol. The van der Waals surface area contributed by atoms with Crippen molar-refractivity contribution < 1.29 is 14.0 Å². The number of piperazine rings is 1. The zero-order valence-corrected chi connectivity index (χ0v) is 15.0. The van der Waals surface area contributed by atoms with Gasteiger partial charge in [-0.2, -0.15) is 0 Å². The summed E-state index contributed by atoms with van der Waals surface area (Å²) in [5.74, 6) is -0.371. The molecule has 25 heavy (non-hydrogen) atoms. The molecule has 1 fully saturated rings. The molecule has 0 bridgehead atoms. The number of amides is 2. The zero-order valence-electron chi connectivity index (χ0n) is 15.0. The van der Waals surface area contributed by atoms with Crippen molar-refractivity contribution in [2.45, 2.75) is 13.8 Å². The highest BCUT2D eigenvalue weighted by Crippen LogP contribution is 2.09. The third-order valence-electron chi connectivity index (χ3n) is 4.42.